The van der Waals surface area contributed by atoms with Gasteiger partial charge in [0.15, 0.2) is 0 Å². The SMILES string of the molecule is C=C(C)C(=O)OCCOc1ccc(-c2ccc(-c3ccc(OC(=O)C(=C)C)cc3)cc2F)cc1C. The minimum absolute atomic E-state index is 0.111. The Balaban J connectivity index is 1.68. The van der Waals surface area contributed by atoms with Gasteiger partial charge in [0.25, 0.3) is 0 Å². The Morgan fingerprint density at radius 1 is 0.800 bits per heavy atom. The van der Waals surface area contributed by atoms with Gasteiger partial charge < -0.3 is 14.2 Å². The first-order valence-electron chi connectivity index (χ1n) is 11.0. The Kier molecular flexibility index (Phi) is 8.21. The van der Waals surface area contributed by atoms with Crippen molar-refractivity contribution < 1.29 is 28.2 Å². The molecule has 0 amide bonds. The highest BCUT2D eigenvalue weighted by molar-refractivity contribution is 5.89. The van der Waals surface area contributed by atoms with Crippen molar-refractivity contribution in [3.8, 4) is 33.8 Å². The number of benzene rings is 3. The molecule has 180 valence electrons. The van der Waals surface area contributed by atoms with E-state index >= 15 is 4.39 Å². The number of carbonyl (C=O) groups excluding carboxylic acids is 2. The zero-order valence-electron chi connectivity index (χ0n) is 20.0. The molecular formula is C29H27FO5. The lowest BCUT2D eigenvalue weighted by Crippen LogP contribution is -2.12. The van der Waals surface area contributed by atoms with Crippen LogP contribution >= 0.6 is 0 Å². The number of rotatable bonds is 9. The van der Waals surface area contributed by atoms with Crippen LogP contribution in [0.15, 0.2) is 85.0 Å². The van der Waals surface area contributed by atoms with E-state index in [1.54, 1.807) is 56.3 Å². The molecule has 0 aliphatic rings. The molecule has 0 aromatic heterocycles. The van der Waals surface area contributed by atoms with Gasteiger partial charge >= 0.3 is 11.9 Å². The number of carbonyl (C=O) groups is 2. The predicted octanol–water partition coefficient (Wildman–Crippen LogP) is 6.45. The summed E-state index contributed by atoms with van der Waals surface area (Å²) in [7, 11) is 0. The quantitative estimate of drug-likeness (QED) is 0.154. The molecule has 0 radical (unpaired) electrons. The van der Waals surface area contributed by atoms with E-state index in [2.05, 4.69) is 13.2 Å². The first-order valence-corrected chi connectivity index (χ1v) is 11.0. The van der Waals surface area contributed by atoms with Gasteiger partial charge in [-0.2, -0.15) is 0 Å². The summed E-state index contributed by atoms with van der Waals surface area (Å²) in [6.45, 7) is 12.4. The van der Waals surface area contributed by atoms with Gasteiger partial charge in [0.05, 0.1) is 0 Å². The van der Waals surface area contributed by atoms with Gasteiger partial charge in [-0.15, -0.1) is 0 Å². The van der Waals surface area contributed by atoms with Crippen molar-refractivity contribution in [2.24, 2.45) is 0 Å². The second-order valence-electron chi connectivity index (χ2n) is 8.13. The van der Waals surface area contributed by atoms with Crippen LogP contribution in [0.2, 0.25) is 0 Å². The molecule has 0 fully saturated rings. The zero-order chi connectivity index (χ0) is 25.5. The zero-order valence-corrected chi connectivity index (χ0v) is 20.0. The lowest BCUT2D eigenvalue weighted by Gasteiger charge is -2.12. The first kappa shape index (κ1) is 25.4. The van der Waals surface area contributed by atoms with E-state index in [1.165, 1.54) is 6.07 Å². The van der Waals surface area contributed by atoms with Crippen LogP contribution in [0, 0.1) is 12.7 Å². The lowest BCUT2D eigenvalue weighted by atomic mass is 9.98. The van der Waals surface area contributed by atoms with Gasteiger partial charge in [0.2, 0.25) is 0 Å². The fourth-order valence-electron chi connectivity index (χ4n) is 3.23. The van der Waals surface area contributed by atoms with Crippen LogP contribution in [0.4, 0.5) is 4.39 Å². The summed E-state index contributed by atoms with van der Waals surface area (Å²) in [4.78, 5) is 23.1. The highest BCUT2D eigenvalue weighted by Gasteiger charge is 2.11. The van der Waals surface area contributed by atoms with E-state index in [4.69, 9.17) is 14.2 Å². The summed E-state index contributed by atoms with van der Waals surface area (Å²) >= 11 is 0. The second kappa shape index (κ2) is 11.3. The monoisotopic (exact) mass is 474 g/mol. The van der Waals surface area contributed by atoms with Gasteiger partial charge in [-0.3, -0.25) is 0 Å². The van der Waals surface area contributed by atoms with Crippen LogP contribution in [0.1, 0.15) is 19.4 Å². The molecule has 0 N–H and O–H groups in total. The minimum atomic E-state index is -0.494. The molecule has 35 heavy (non-hydrogen) atoms. The first-order chi connectivity index (χ1) is 16.7. The van der Waals surface area contributed by atoms with Crippen molar-refractivity contribution in [2.75, 3.05) is 13.2 Å². The molecule has 3 rings (SSSR count). The van der Waals surface area contributed by atoms with E-state index in [-0.39, 0.29) is 19.0 Å². The maximum Gasteiger partial charge on any atom is 0.338 e. The van der Waals surface area contributed by atoms with Crippen molar-refractivity contribution in [3.05, 3.63) is 96.3 Å². The summed E-state index contributed by atoms with van der Waals surface area (Å²) in [5, 5.41) is 0. The Morgan fingerprint density at radius 2 is 1.43 bits per heavy atom. The molecule has 0 heterocycles. The topological polar surface area (TPSA) is 61.8 Å². The van der Waals surface area contributed by atoms with Crippen LogP contribution in [0.5, 0.6) is 11.5 Å². The van der Waals surface area contributed by atoms with Crippen LogP contribution in [0.25, 0.3) is 22.3 Å². The molecule has 0 aliphatic carbocycles. The summed E-state index contributed by atoms with van der Waals surface area (Å²) in [6.07, 6.45) is 0. The molecule has 3 aromatic rings. The maximum atomic E-state index is 15.0. The predicted molar refractivity (Wildman–Crippen MR) is 134 cm³/mol. The number of esters is 2. The molecule has 0 saturated heterocycles. The molecule has 0 bridgehead atoms. The number of hydrogen-bond acceptors (Lipinski definition) is 5. The maximum absolute atomic E-state index is 15.0. The molecule has 0 atom stereocenters. The third-order valence-corrected chi connectivity index (χ3v) is 5.12. The molecule has 6 heteroatoms. The normalized spacial score (nSPS) is 10.4. The fourth-order valence-corrected chi connectivity index (χ4v) is 3.23. The average molecular weight is 475 g/mol. The standard InChI is InChI=1S/C29H27FO5/c1-18(2)28(31)34-15-14-33-27-13-9-23(16-20(27)5)25-12-8-22(17-26(25)30)21-6-10-24(11-7-21)35-29(32)19(3)4/h6-13,16-17H,1,3,14-15H2,2,4-5H3. The molecule has 0 aliphatic heterocycles. The number of aryl methyl sites for hydroxylation is 1. The minimum Gasteiger partial charge on any atom is -0.490 e. The summed E-state index contributed by atoms with van der Waals surface area (Å²) in [5.41, 5.74) is 4.14. The fraction of sp³-hybridized carbons (Fsp3) is 0.172. The summed E-state index contributed by atoms with van der Waals surface area (Å²) in [6, 6.07) is 17.3. The lowest BCUT2D eigenvalue weighted by molar-refractivity contribution is -0.139. The highest BCUT2D eigenvalue weighted by atomic mass is 19.1. The Bertz CT molecular complexity index is 1270. The average Bonchev–Trinajstić information content (AvgIpc) is 2.82. The van der Waals surface area contributed by atoms with Gasteiger partial charge in [0.1, 0.15) is 30.5 Å². The third kappa shape index (κ3) is 6.67. The van der Waals surface area contributed by atoms with Gasteiger partial charge in [-0.25, -0.2) is 14.0 Å². The largest absolute Gasteiger partial charge is 0.490 e. The van der Waals surface area contributed by atoms with Crippen LogP contribution in [0.3, 0.4) is 0 Å². The number of halogens is 1. The van der Waals surface area contributed by atoms with Crippen molar-refractivity contribution in [1.82, 2.24) is 0 Å². The number of hydrogen-bond donors (Lipinski definition) is 0. The molecule has 0 saturated carbocycles. The van der Waals surface area contributed by atoms with Crippen molar-refractivity contribution >= 4 is 11.9 Å². The van der Waals surface area contributed by atoms with Gasteiger partial charge in [-0.1, -0.05) is 43.5 Å². The summed E-state index contributed by atoms with van der Waals surface area (Å²) in [5.74, 6) is -0.289. The smallest absolute Gasteiger partial charge is 0.338 e. The van der Waals surface area contributed by atoms with Crippen LogP contribution in [-0.4, -0.2) is 25.2 Å². The van der Waals surface area contributed by atoms with E-state index in [0.717, 1.165) is 16.7 Å². The Morgan fingerprint density at radius 3 is 2.03 bits per heavy atom. The van der Waals surface area contributed by atoms with Crippen LogP contribution in [-0.2, 0) is 14.3 Å². The Hall–Kier alpha value is -4.19. The van der Waals surface area contributed by atoms with Crippen LogP contribution < -0.4 is 9.47 Å². The summed E-state index contributed by atoms with van der Waals surface area (Å²) < 4.78 is 30.9. The molecule has 0 unspecified atom stereocenters. The van der Waals surface area contributed by atoms with E-state index < -0.39 is 11.9 Å². The molecular weight excluding hydrogens is 447 g/mol. The Labute approximate surface area is 204 Å². The van der Waals surface area contributed by atoms with Gasteiger partial charge in [-0.05, 0) is 73.4 Å². The van der Waals surface area contributed by atoms with Crippen molar-refractivity contribution in [2.45, 2.75) is 20.8 Å². The van der Waals surface area contributed by atoms with E-state index in [1.807, 2.05) is 19.1 Å². The third-order valence-electron chi connectivity index (χ3n) is 5.12. The van der Waals surface area contributed by atoms with E-state index in [0.29, 0.717) is 33.8 Å². The van der Waals surface area contributed by atoms with Crippen molar-refractivity contribution in [3.63, 3.8) is 0 Å². The van der Waals surface area contributed by atoms with Gasteiger partial charge in [0, 0.05) is 16.7 Å². The highest BCUT2D eigenvalue weighted by Crippen LogP contribution is 2.31. The van der Waals surface area contributed by atoms with E-state index in [9.17, 15) is 9.59 Å². The molecule has 0 spiro atoms. The molecule has 3 aromatic carbocycles. The second-order valence-corrected chi connectivity index (χ2v) is 8.13. The molecule has 5 nitrogen and oxygen atoms in total. The number of ether oxygens (including phenoxy) is 3. The van der Waals surface area contributed by atoms with Crippen molar-refractivity contribution in [1.29, 1.82) is 0 Å².